The van der Waals surface area contributed by atoms with Crippen LogP contribution in [0, 0.1) is 16.7 Å². The van der Waals surface area contributed by atoms with E-state index in [0.717, 1.165) is 25.9 Å². The second-order valence-electron chi connectivity index (χ2n) is 8.69. The van der Waals surface area contributed by atoms with Crippen molar-refractivity contribution in [1.82, 2.24) is 5.32 Å². The standard InChI is InChI=1S/C17H30N2O2/c1-15(2)8-5-11(6-9-15)19-14(20)17(18)12-7-10-21-13(12)16(17,3)4/h11-13H,5-10,18H2,1-4H3,(H,19,20). The highest BCUT2D eigenvalue weighted by atomic mass is 16.5. The number of fused-ring (bicyclic) bond motifs is 1. The van der Waals surface area contributed by atoms with E-state index in [1.54, 1.807) is 0 Å². The lowest BCUT2D eigenvalue weighted by Crippen LogP contribution is -2.80. The molecule has 0 bridgehead atoms. The van der Waals surface area contributed by atoms with Crippen LogP contribution in [0.2, 0.25) is 0 Å². The van der Waals surface area contributed by atoms with Crippen molar-refractivity contribution in [1.29, 1.82) is 0 Å². The Morgan fingerprint density at radius 2 is 1.76 bits per heavy atom. The monoisotopic (exact) mass is 294 g/mol. The zero-order valence-electron chi connectivity index (χ0n) is 13.9. The summed E-state index contributed by atoms with van der Waals surface area (Å²) in [6, 6.07) is 0.295. The van der Waals surface area contributed by atoms with E-state index < -0.39 is 5.54 Å². The number of carbonyl (C=O) groups excluding carboxylic acids is 1. The smallest absolute Gasteiger partial charge is 0.241 e. The van der Waals surface area contributed by atoms with Crippen LogP contribution >= 0.6 is 0 Å². The maximum absolute atomic E-state index is 12.8. The predicted octanol–water partition coefficient (Wildman–Crippen LogP) is 2.21. The third-order valence-corrected chi connectivity index (χ3v) is 6.50. The first kappa shape index (κ1) is 15.3. The number of ether oxygens (including phenoxy) is 1. The van der Waals surface area contributed by atoms with E-state index in [0.29, 0.717) is 11.5 Å². The summed E-state index contributed by atoms with van der Waals surface area (Å²) in [5, 5.41) is 3.25. The molecule has 4 nitrogen and oxygen atoms in total. The Kier molecular flexibility index (Phi) is 3.42. The van der Waals surface area contributed by atoms with E-state index in [1.165, 1.54) is 12.8 Å². The van der Waals surface area contributed by atoms with Crippen molar-refractivity contribution in [2.45, 2.75) is 77.5 Å². The van der Waals surface area contributed by atoms with Gasteiger partial charge in [0.15, 0.2) is 0 Å². The van der Waals surface area contributed by atoms with Gasteiger partial charge in [-0.3, -0.25) is 4.79 Å². The average Bonchev–Trinajstić information content (AvgIpc) is 2.88. The molecule has 4 heteroatoms. The molecular formula is C17H30N2O2. The second-order valence-corrected chi connectivity index (χ2v) is 8.69. The fourth-order valence-electron chi connectivity index (χ4n) is 4.69. The number of hydrogen-bond donors (Lipinski definition) is 2. The van der Waals surface area contributed by atoms with E-state index in [4.69, 9.17) is 10.5 Å². The van der Waals surface area contributed by atoms with Crippen LogP contribution in [-0.4, -0.2) is 30.2 Å². The largest absolute Gasteiger partial charge is 0.377 e. The third-order valence-electron chi connectivity index (χ3n) is 6.50. The van der Waals surface area contributed by atoms with Gasteiger partial charge in [0.25, 0.3) is 0 Å². The normalized spacial score (nSPS) is 41.2. The van der Waals surface area contributed by atoms with Gasteiger partial charge in [0.1, 0.15) is 5.54 Å². The number of nitrogens with one attached hydrogen (secondary N) is 1. The SMILES string of the molecule is CC1(C)CCC(NC(=O)C2(N)C3CCOC3C2(C)C)CC1. The van der Waals surface area contributed by atoms with Gasteiger partial charge in [-0.15, -0.1) is 0 Å². The van der Waals surface area contributed by atoms with Crippen LogP contribution in [0.5, 0.6) is 0 Å². The zero-order chi connectivity index (χ0) is 15.5. The van der Waals surface area contributed by atoms with E-state index in [1.807, 2.05) is 0 Å². The minimum Gasteiger partial charge on any atom is -0.377 e. The van der Waals surface area contributed by atoms with Crippen LogP contribution < -0.4 is 11.1 Å². The Labute approximate surface area is 128 Å². The lowest BCUT2D eigenvalue weighted by Gasteiger charge is -2.61. The van der Waals surface area contributed by atoms with Crippen LogP contribution in [0.4, 0.5) is 0 Å². The summed E-state index contributed by atoms with van der Waals surface area (Å²) >= 11 is 0. The summed E-state index contributed by atoms with van der Waals surface area (Å²) in [7, 11) is 0. The summed E-state index contributed by atoms with van der Waals surface area (Å²) in [4.78, 5) is 12.8. The highest BCUT2D eigenvalue weighted by Gasteiger charge is 2.71. The van der Waals surface area contributed by atoms with Gasteiger partial charge >= 0.3 is 0 Å². The molecule has 1 aliphatic heterocycles. The van der Waals surface area contributed by atoms with E-state index in [2.05, 4.69) is 33.0 Å². The maximum Gasteiger partial charge on any atom is 0.241 e. The fourth-order valence-corrected chi connectivity index (χ4v) is 4.69. The molecular weight excluding hydrogens is 264 g/mol. The zero-order valence-corrected chi connectivity index (χ0v) is 13.9. The van der Waals surface area contributed by atoms with Crippen molar-refractivity contribution in [2.24, 2.45) is 22.5 Å². The van der Waals surface area contributed by atoms with E-state index in [9.17, 15) is 4.79 Å². The highest BCUT2D eigenvalue weighted by Crippen LogP contribution is 2.58. The van der Waals surface area contributed by atoms with Crippen molar-refractivity contribution in [2.75, 3.05) is 6.61 Å². The van der Waals surface area contributed by atoms with Gasteiger partial charge in [0.2, 0.25) is 5.91 Å². The van der Waals surface area contributed by atoms with Crippen molar-refractivity contribution in [3.63, 3.8) is 0 Å². The molecule has 2 saturated carbocycles. The Morgan fingerprint density at radius 3 is 2.38 bits per heavy atom. The molecule has 3 aliphatic rings. The molecule has 1 saturated heterocycles. The van der Waals surface area contributed by atoms with Gasteiger partial charge in [-0.25, -0.2) is 0 Å². The molecule has 3 unspecified atom stereocenters. The van der Waals surface area contributed by atoms with Gasteiger partial charge in [0.05, 0.1) is 6.10 Å². The average molecular weight is 294 g/mol. The van der Waals surface area contributed by atoms with Crippen LogP contribution in [0.15, 0.2) is 0 Å². The van der Waals surface area contributed by atoms with Crippen molar-refractivity contribution in [3.8, 4) is 0 Å². The Balaban J connectivity index is 1.66. The van der Waals surface area contributed by atoms with Crippen LogP contribution in [0.25, 0.3) is 0 Å². The van der Waals surface area contributed by atoms with E-state index >= 15 is 0 Å². The second kappa shape index (κ2) is 4.69. The van der Waals surface area contributed by atoms with Gasteiger partial charge in [-0.1, -0.05) is 27.7 Å². The summed E-state index contributed by atoms with van der Waals surface area (Å²) in [6.45, 7) is 9.50. The molecule has 0 aromatic carbocycles. The molecule has 3 fully saturated rings. The summed E-state index contributed by atoms with van der Waals surface area (Å²) < 4.78 is 5.77. The fraction of sp³-hybridized carbons (Fsp3) is 0.941. The van der Waals surface area contributed by atoms with Crippen LogP contribution in [-0.2, 0) is 9.53 Å². The minimum absolute atomic E-state index is 0.0453. The summed E-state index contributed by atoms with van der Waals surface area (Å²) in [5.74, 6) is 0.233. The molecule has 0 radical (unpaired) electrons. The number of nitrogens with two attached hydrogens (primary N) is 1. The van der Waals surface area contributed by atoms with Crippen molar-refractivity contribution in [3.05, 3.63) is 0 Å². The lowest BCUT2D eigenvalue weighted by molar-refractivity contribution is -0.176. The molecule has 21 heavy (non-hydrogen) atoms. The van der Waals surface area contributed by atoms with Gasteiger partial charge in [-0.05, 0) is 37.5 Å². The first-order valence-electron chi connectivity index (χ1n) is 8.40. The van der Waals surface area contributed by atoms with E-state index in [-0.39, 0.29) is 23.3 Å². The van der Waals surface area contributed by atoms with Crippen LogP contribution in [0.1, 0.15) is 59.8 Å². The Hall–Kier alpha value is -0.610. The first-order valence-corrected chi connectivity index (χ1v) is 8.40. The minimum atomic E-state index is -0.763. The van der Waals surface area contributed by atoms with Crippen molar-refractivity contribution < 1.29 is 9.53 Å². The summed E-state index contributed by atoms with van der Waals surface area (Å²) in [5.41, 5.74) is 5.97. The molecule has 3 N–H and O–H groups in total. The summed E-state index contributed by atoms with van der Waals surface area (Å²) in [6.07, 6.45) is 5.55. The molecule has 2 aliphatic carbocycles. The third kappa shape index (κ3) is 2.14. The van der Waals surface area contributed by atoms with Crippen molar-refractivity contribution >= 4 is 5.91 Å². The number of amides is 1. The molecule has 120 valence electrons. The number of rotatable bonds is 2. The van der Waals surface area contributed by atoms with Gasteiger partial charge in [-0.2, -0.15) is 0 Å². The molecule has 0 spiro atoms. The molecule has 3 atom stereocenters. The molecule has 0 aromatic heterocycles. The lowest BCUT2D eigenvalue weighted by atomic mass is 9.48. The Morgan fingerprint density at radius 1 is 1.14 bits per heavy atom. The maximum atomic E-state index is 12.8. The molecule has 0 aromatic rings. The molecule has 1 heterocycles. The predicted molar refractivity (Wildman–Crippen MR) is 82.7 cm³/mol. The topological polar surface area (TPSA) is 64.4 Å². The van der Waals surface area contributed by atoms with Gasteiger partial charge < -0.3 is 15.8 Å². The highest BCUT2D eigenvalue weighted by molar-refractivity contribution is 5.89. The van der Waals surface area contributed by atoms with Crippen LogP contribution in [0.3, 0.4) is 0 Å². The number of carbonyl (C=O) groups is 1. The number of hydrogen-bond acceptors (Lipinski definition) is 3. The molecule has 1 amide bonds. The quantitative estimate of drug-likeness (QED) is 0.820. The molecule has 3 rings (SSSR count). The van der Waals surface area contributed by atoms with Gasteiger partial charge in [0, 0.05) is 24.0 Å². The Bertz CT molecular complexity index is 436. The first-order chi connectivity index (χ1) is 9.68.